The lowest BCUT2D eigenvalue weighted by atomic mass is 9.83. The first kappa shape index (κ1) is 22.1. The number of hydrogen-bond acceptors (Lipinski definition) is 7. The lowest BCUT2D eigenvalue weighted by Crippen LogP contribution is -2.21. The Balaban J connectivity index is 1.83. The molecule has 0 radical (unpaired) electrons. The van der Waals surface area contributed by atoms with Gasteiger partial charge in [0, 0.05) is 5.56 Å². The molecule has 0 fully saturated rings. The van der Waals surface area contributed by atoms with Crippen molar-refractivity contribution in [3.05, 3.63) is 65.0 Å². The molecule has 3 aromatic rings. The van der Waals surface area contributed by atoms with E-state index in [2.05, 4.69) is 16.3 Å². The number of fused-ring (bicyclic) bond motifs is 1. The van der Waals surface area contributed by atoms with E-state index in [1.54, 1.807) is 7.11 Å². The number of ether oxygens (including phenoxy) is 4. The molecule has 0 bridgehead atoms. The van der Waals surface area contributed by atoms with E-state index >= 15 is 0 Å². The lowest BCUT2D eigenvalue weighted by Gasteiger charge is -2.24. The van der Waals surface area contributed by atoms with Crippen LogP contribution in [0.3, 0.4) is 0 Å². The van der Waals surface area contributed by atoms with Gasteiger partial charge in [0.05, 0.1) is 37.0 Å². The fourth-order valence-corrected chi connectivity index (χ4v) is 3.91. The number of hydrogen-bond donors (Lipinski definition) is 2. The summed E-state index contributed by atoms with van der Waals surface area (Å²) in [5, 5.41) is 17.3. The third-order valence-corrected chi connectivity index (χ3v) is 5.28. The van der Waals surface area contributed by atoms with Crippen molar-refractivity contribution >= 4 is 0 Å². The van der Waals surface area contributed by atoms with Crippen molar-refractivity contribution in [2.45, 2.75) is 32.8 Å². The molecule has 1 atom stereocenters. The molecule has 1 aliphatic rings. The summed E-state index contributed by atoms with van der Waals surface area (Å²) in [5.41, 5.74) is 9.53. The summed E-state index contributed by atoms with van der Waals surface area (Å²) in [4.78, 5) is 0. The van der Waals surface area contributed by atoms with E-state index in [1.807, 2.05) is 63.2 Å². The van der Waals surface area contributed by atoms with Crippen molar-refractivity contribution in [1.82, 2.24) is 10.2 Å². The minimum atomic E-state index is -0.460. The summed E-state index contributed by atoms with van der Waals surface area (Å²) < 4.78 is 22.6. The zero-order valence-corrected chi connectivity index (χ0v) is 19.0. The van der Waals surface area contributed by atoms with Crippen molar-refractivity contribution in [3.8, 4) is 40.5 Å². The van der Waals surface area contributed by atoms with Gasteiger partial charge in [0.1, 0.15) is 17.4 Å². The number of benzene rings is 2. The Morgan fingerprint density at radius 3 is 2.58 bits per heavy atom. The molecule has 8 heteroatoms. The molecule has 3 N–H and O–H groups in total. The minimum Gasteiger partial charge on any atom is -0.493 e. The smallest absolute Gasteiger partial charge is 0.244 e. The first-order valence-electron chi connectivity index (χ1n) is 10.7. The molecule has 4 rings (SSSR count). The van der Waals surface area contributed by atoms with Gasteiger partial charge < -0.3 is 24.7 Å². The van der Waals surface area contributed by atoms with Gasteiger partial charge in [-0.05, 0) is 56.7 Å². The van der Waals surface area contributed by atoms with Crippen molar-refractivity contribution in [2.75, 3.05) is 13.7 Å². The van der Waals surface area contributed by atoms with E-state index in [0.717, 1.165) is 22.4 Å². The predicted molar refractivity (Wildman–Crippen MR) is 123 cm³/mol. The highest BCUT2D eigenvalue weighted by Gasteiger charge is 2.35. The van der Waals surface area contributed by atoms with Gasteiger partial charge in [0.25, 0.3) is 0 Å². The van der Waals surface area contributed by atoms with Crippen LogP contribution in [0.5, 0.6) is 23.1 Å². The zero-order chi connectivity index (χ0) is 23.5. The second-order valence-electron chi connectivity index (χ2n) is 7.78. The van der Waals surface area contributed by atoms with Crippen LogP contribution in [0.4, 0.5) is 0 Å². The second kappa shape index (κ2) is 9.17. The fraction of sp³-hybridized carbons (Fsp3) is 0.280. The Kier molecular flexibility index (Phi) is 6.13. The number of nitrogens with two attached hydrogens (primary N) is 1. The molecule has 0 spiro atoms. The van der Waals surface area contributed by atoms with Gasteiger partial charge in [0.15, 0.2) is 11.5 Å². The van der Waals surface area contributed by atoms with E-state index in [9.17, 15) is 5.26 Å². The number of nitrogens with zero attached hydrogens (tertiary/aromatic N) is 2. The maximum Gasteiger partial charge on any atom is 0.244 e. The van der Waals surface area contributed by atoms with Crippen LogP contribution in [0, 0.1) is 11.3 Å². The monoisotopic (exact) mass is 446 g/mol. The van der Waals surface area contributed by atoms with Crippen LogP contribution < -0.4 is 24.7 Å². The van der Waals surface area contributed by atoms with Gasteiger partial charge in [0.2, 0.25) is 11.8 Å². The summed E-state index contributed by atoms with van der Waals surface area (Å²) in [7, 11) is 1.59. The van der Waals surface area contributed by atoms with Gasteiger partial charge in [-0.1, -0.05) is 12.1 Å². The highest BCUT2D eigenvalue weighted by molar-refractivity contribution is 5.73. The normalized spacial score (nSPS) is 15.0. The summed E-state index contributed by atoms with van der Waals surface area (Å²) in [6.45, 7) is 6.38. The van der Waals surface area contributed by atoms with Gasteiger partial charge in [-0.25, -0.2) is 0 Å². The number of rotatable bonds is 7. The Morgan fingerprint density at radius 1 is 1.18 bits per heavy atom. The molecule has 1 aliphatic heterocycles. The average Bonchev–Trinajstić information content (AvgIpc) is 3.22. The zero-order valence-electron chi connectivity index (χ0n) is 19.0. The molecule has 0 aliphatic carbocycles. The molecular formula is C25H26N4O4. The summed E-state index contributed by atoms with van der Waals surface area (Å²) >= 11 is 0. The maximum atomic E-state index is 9.91. The van der Waals surface area contributed by atoms with Gasteiger partial charge in [-0.15, -0.1) is 5.10 Å². The first-order valence-corrected chi connectivity index (χ1v) is 10.7. The molecule has 0 saturated heterocycles. The van der Waals surface area contributed by atoms with E-state index < -0.39 is 5.92 Å². The van der Waals surface area contributed by atoms with Crippen LogP contribution in [-0.4, -0.2) is 30.0 Å². The third-order valence-electron chi connectivity index (χ3n) is 5.28. The topological polar surface area (TPSA) is 115 Å². The van der Waals surface area contributed by atoms with Crippen LogP contribution in [0.15, 0.2) is 53.9 Å². The molecule has 33 heavy (non-hydrogen) atoms. The number of nitriles is 1. The number of methoxy groups -OCH3 is 1. The largest absolute Gasteiger partial charge is 0.493 e. The maximum absolute atomic E-state index is 9.91. The Hall–Kier alpha value is -4.12. The molecule has 170 valence electrons. The summed E-state index contributed by atoms with van der Waals surface area (Å²) in [6.07, 6.45) is 0.0610. The molecule has 8 nitrogen and oxygen atoms in total. The Labute approximate surface area is 192 Å². The quantitative estimate of drug-likeness (QED) is 0.549. The van der Waals surface area contributed by atoms with Crippen molar-refractivity contribution in [2.24, 2.45) is 5.73 Å². The number of H-pyrrole nitrogens is 1. The Bertz CT molecular complexity index is 1220. The average molecular weight is 447 g/mol. The third kappa shape index (κ3) is 4.17. The second-order valence-corrected chi connectivity index (χ2v) is 7.78. The van der Waals surface area contributed by atoms with Gasteiger partial charge in [-0.3, -0.25) is 5.10 Å². The molecule has 0 unspecified atom stereocenters. The summed E-state index contributed by atoms with van der Waals surface area (Å²) in [6, 6.07) is 15.5. The standard InChI is InChI=1S/C25H26N4O4/c1-5-31-19-11-8-16(12-20(19)30-4)23-22-21(15-6-9-17(10-7-15)32-14(2)3)18(13-26)24(27)33-25(22)29-28-23/h6-12,14,21H,5,27H2,1-4H3,(H,28,29)/t21-/m0/s1. The van der Waals surface area contributed by atoms with Crippen molar-refractivity contribution < 1.29 is 18.9 Å². The Morgan fingerprint density at radius 2 is 1.94 bits per heavy atom. The lowest BCUT2D eigenvalue weighted by molar-refractivity contribution is 0.242. The van der Waals surface area contributed by atoms with E-state index in [4.69, 9.17) is 24.7 Å². The molecule has 0 saturated carbocycles. The number of aromatic amines is 1. The van der Waals surface area contributed by atoms with E-state index in [1.165, 1.54) is 0 Å². The summed E-state index contributed by atoms with van der Waals surface area (Å²) in [5.74, 6) is 1.91. The molecule has 1 aromatic heterocycles. The van der Waals surface area contributed by atoms with Crippen LogP contribution in [-0.2, 0) is 0 Å². The molecular weight excluding hydrogens is 420 g/mol. The highest BCUT2D eigenvalue weighted by atomic mass is 16.5. The van der Waals surface area contributed by atoms with Crippen LogP contribution in [0.2, 0.25) is 0 Å². The van der Waals surface area contributed by atoms with Crippen LogP contribution >= 0.6 is 0 Å². The SMILES string of the molecule is CCOc1ccc(-c2[nH]nc3c2[C@@H](c2ccc(OC(C)C)cc2)C(C#N)=C(N)O3)cc1OC. The van der Waals surface area contributed by atoms with E-state index in [-0.39, 0.29) is 12.0 Å². The van der Waals surface area contributed by atoms with Gasteiger partial charge in [-0.2, -0.15) is 5.26 Å². The van der Waals surface area contributed by atoms with Crippen molar-refractivity contribution in [1.29, 1.82) is 5.26 Å². The minimum absolute atomic E-state index is 0.0415. The fourth-order valence-electron chi connectivity index (χ4n) is 3.91. The molecule has 0 amide bonds. The van der Waals surface area contributed by atoms with E-state index in [0.29, 0.717) is 35.3 Å². The molecule has 2 aromatic carbocycles. The van der Waals surface area contributed by atoms with Crippen LogP contribution in [0.25, 0.3) is 11.3 Å². The predicted octanol–water partition coefficient (Wildman–Crippen LogP) is 4.49. The van der Waals surface area contributed by atoms with Gasteiger partial charge >= 0.3 is 0 Å². The van der Waals surface area contributed by atoms with Crippen LogP contribution in [0.1, 0.15) is 37.8 Å². The van der Waals surface area contributed by atoms with Crippen molar-refractivity contribution in [3.63, 3.8) is 0 Å². The first-order chi connectivity index (χ1) is 16.0. The number of allylic oxidation sites excluding steroid dienone is 1. The number of aromatic nitrogens is 2. The number of nitrogens with one attached hydrogen (secondary N) is 1. The highest BCUT2D eigenvalue weighted by Crippen LogP contribution is 2.46. The molecule has 2 heterocycles.